The molecule has 1 aliphatic heterocycles. The molecule has 0 aromatic rings. The van der Waals surface area contributed by atoms with Crippen LogP contribution in [0.5, 0.6) is 0 Å². The summed E-state index contributed by atoms with van der Waals surface area (Å²) < 4.78 is 11.9. The van der Waals surface area contributed by atoms with Gasteiger partial charge in [-0.1, -0.05) is 52.4 Å². The van der Waals surface area contributed by atoms with Crippen molar-refractivity contribution in [2.24, 2.45) is 41.1 Å². The van der Waals surface area contributed by atoms with Gasteiger partial charge in [0.15, 0.2) is 0 Å². The Balaban J connectivity index is 1.44. The van der Waals surface area contributed by atoms with Gasteiger partial charge in [-0.05, 0) is 81.5 Å². The van der Waals surface area contributed by atoms with E-state index in [1.54, 1.807) is 14.0 Å². The summed E-state index contributed by atoms with van der Waals surface area (Å²) in [6.45, 7) is 2.69. The van der Waals surface area contributed by atoms with E-state index in [0.29, 0.717) is 62.7 Å². The van der Waals surface area contributed by atoms with E-state index in [0.717, 1.165) is 44.9 Å². The number of rotatable bonds is 9. The molecule has 1 saturated heterocycles. The maximum Gasteiger partial charge on any atom is 0.325 e. The lowest BCUT2D eigenvalue weighted by atomic mass is 9.82. The molecule has 5 fully saturated rings. The first-order chi connectivity index (χ1) is 25.9. The van der Waals surface area contributed by atoms with Crippen LogP contribution in [0, 0.1) is 29.6 Å². The normalized spacial score (nSPS) is 36.8. The van der Waals surface area contributed by atoms with Crippen LogP contribution in [0.15, 0.2) is 0 Å². The van der Waals surface area contributed by atoms with Crippen LogP contribution in [0.2, 0.25) is 0 Å². The molecule has 0 radical (unpaired) electrons. The number of likely N-dealkylation sites (N-methyl/N-ethyl adjacent to an activating group) is 1. The SMILES string of the molecule is CCC[C@H]1C(=O)N[C@@H](C2CCCCCC2)C(=O)N[C@@H](CN)C(=O)N[C@@H](COC2CC(N)C2)C(=O)NCC(=O)O[C@H](CC2CC3CCC2C3)[C@@H](C)C(=O)N1C. The van der Waals surface area contributed by atoms with Crippen molar-refractivity contribution in [3.05, 3.63) is 0 Å². The number of cyclic esters (lactones) is 1. The standard InChI is InChI=1S/C39H65N7O8/c1-4-9-31-37(50)45-34(24-10-7-5-6-8-11-24)38(51)43-29(19-40)36(49)44-30(21-53-28-17-27(41)18-28)35(48)42-20-33(47)54-32(22(2)39(52)46(31)3)16-26-15-23-12-13-25(26)14-23/h22-32,34H,4-21,40-41H2,1-3H3,(H,42,48)(H,43,51)(H,44,49)(H,45,50)/t22-,23?,25?,26?,27?,28?,29+,30+,31+,32-,34+/m1/s1. The minimum atomic E-state index is -1.23. The zero-order valence-corrected chi connectivity index (χ0v) is 32.5. The summed E-state index contributed by atoms with van der Waals surface area (Å²) in [5.74, 6) is -2.95. The Morgan fingerprint density at radius 2 is 1.52 bits per heavy atom. The summed E-state index contributed by atoms with van der Waals surface area (Å²) in [7, 11) is 1.59. The van der Waals surface area contributed by atoms with Crippen LogP contribution >= 0.6 is 0 Å². The molecule has 3 unspecified atom stereocenters. The van der Waals surface area contributed by atoms with Crippen molar-refractivity contribution in [3.63, 3.8) is 0 Å². The molecule has 0 aromatic heterocycles. The number of nitrogens with zero attached hydrogens (tertiary/aromatic N) is 1. The minimum absolute atomic E-state index is 0.0000730. The predicted octanol–water partition coefficient (Wildman–Crippen LogP) is 1.01. The summed E-state index contributed by atoms with van der Waals surface area (Å²) in [5.41, 5.74) is 11.9. The van der Waals surface area contributed by atoms with E-state index in [9.17, 15) is 28.8 Å². The lowest BCUT2D eigenvalue weighted by Gasteiger charge is -2.35. The average Bonchev–Trinajstić information content (AvgIpc) is 3.66. The Kier molecular flexibility index (Phi) is 15.1. The fourth-order valence-electron chi connectivity index (χ4n) is 9.43. The van der Waals surface area contributed by atoms with Crippen molar-refractivity contribution >= 4 is 35.5 Å². The van der Waals surface area contributed by atoms with Crippen LogP contribution in [0.1, 0.15) is 110 Å². The van der Waals surface area contributed by atoms with Crippen LogP contribution in [0.25, 0.3) is 0 Å². The lowest BCUT2D eigenvalue weighted by molar-refractivity contribution is -0.158. The Morgan fingerprint density at radius 3 is 2.13 bits per heavy atom. The van der Waals surface area contributed by atoms with E-state index in [2.05, 4.69) is 21.3 Å². The van der Waals surface area contributed by atoms with Gasteiger partial charge >= 0.3 is 5.97 Å². The van der Waals surface area contributed by atoms with Gasteiger partial charge in [0, 0.05) is 19.6 Å². The van der Waals surface area contributed by atoms with Crippen molar-refractivity contribution in [2.75, 3.05) is 26.7 Å². The minimum Gasteiger partial charge on any atom is -0.460 e. The molecule has 0 spiro atoms. The number of carbonyl (C=O) groups is 6. The number of carbonyl (C=O) groups excluding carboxylic acids is 6. The molecule has 0 aromatic carbocycles. The molecular formula is C39H65N7O8. The first-order valence-corrected chi connectivity index (χ1v) is 20.6. The van der Waals surface area contributed by atoms with E-state index in [1.807, 2.05) is 6.92 Å². The Labute approximate surface area is 319 Å². The second kappa shape index (κ2) is 19.5. The molecule has 4 saturated carbocycles. The van der Waals surface area contributed by atoms with Gasteiger partial charge in [0.25, 0.3) is 0 Å². The van der Waals surface area contributed by atoms with Crippen LogP contribution < -0.4 is 32.7 Å². The van der Waals surface area contributed by atoms with E-state index in [-0.39, 0.29) is 37.1 Å². The van der Waals surface area contributed by atoms with Crippen molar-refractivity contribution in [1.82, 2.24) is 26.2 Å². The highest BCUT2D eigenvalue weighted by Crippen LogP contribution is 2.50. The molecule has 1 heterocycles. The monoisotopic (exact) mass is 759 g/mol. The number of nitrogens with one attached hydrogen (secondary N) is 4. The van der Waals surface area contributed by atoms with Gasteiger partial charge in [-0.3, -0.25) is 28.8 Å². The summed E-state index contributed by atoms with van der Waals surface area (Å²) in [5, 5.41) is 11.0. The number of amides is 5. The molecule has 4 aliphatic carbocycles. The lowest BCUT2D eigenvalue weighted by Crippen LogP contribution is -2.62. The second-order valence-electron chi connectivity index (χ2n) is 16.7. The highest BCUT2D eigenvalue weighted by molar-refractivity contribution is 5.96. The molecule has 15 nitrogen and oxygen atoms in total. The van der Waals surface area contributed by atoms with Gasteiger partial charge in [-0.15, -0.1) is 0 Å². The number of hydrogen-bond acceptors (Lipinski definition) is 10. The maximum absolute atomic E-state index is 14.3. The number of nitrogens with two attached hydrogens (primary N) is 2. The molecule has 8 N–H and O–H groups in total. The van der Waals surface area contributed by atoms with Crippen LogP contribution in [-0.4, -0.2) is 110 Å². The van der Waals surface area contributed by atoms with Crippen molar-refractivity contribution in [3.8, 4) is 0 Å². The van der Waals surface area contributed by atoms with Gasteiger partial charge in [0.2, 0.25) is 29.5 Å². The summed E-state index contributed by atoms with van der Waals surface area (Å²) in [6, 6.07) is -4.31. The summed E-state index contributed by atoms with van der Waals surface area (Å²) >= 11 is 0. The maximum atomic E-state index is 14.3. The van der Waals surface area contributed by atoms with E-state index in [1.165, 1.54) is 11.3 Å². The Bertz CT molecular complexity index is 1340. The van der Waals surface area contributed by atoms with E-state index >= 15 is 0 Å². The first kappa shape index (κ1) is 41.9. The molecule has 5 amide bonds. The smallest absolute Gasteiger partial charge is 0.325 e. The van der Waals surface area contributed by atoms with E-state index in [4.69, 9.17) is 20.9 Å². The fraction of sp³-hybridized carbons (Fsp3) is 0.846. The van der Waals surface area contributed by atoms with Gasteiger partial charge in [-0.25, -0.2) is 0 Å². The number of ether oxygens (including phenoxy) is 2. The Hall–Kier alpha value is -3.30. The van der Waals surface area contributed by atoms with Crippen LogP contribution in [0.3, 0.4) is 0 Å². The number of esters is 1. The van der Waals surface area contributed by atoms with Gasteiger partial charge in [0.05, 0.1) is 18.6 Å². The number of hydrogen-bond donors (Lipinski definition) is 6. The molecule has 304 valence electrons. The molecule has 2 bridgehead atoms. The molecular weight excluding hydrogens is 694 g/mol. The molecule has 15 heteroatoms. The molecule has 5 rings (SSSR count). The van der Waals surface area contributed by atoms with Gasteiger partial charge in [-0.2, -0.15) is 0 Å². The van der Waals surface area contributed by atoms with Crippen molar-refractivity contribution in [1.29, 1.82) is 0 Å². The zero-order chi connectivity index (χ0) is 38.9. The molecule has 54 heavy (non-hydrogen) atoms. The Morgan fingerprint density at radius 1 is 0.815 bits per heavy atom. The topological polar surface area (TPSA) is 224 Å². The van der Waals surface area contributed by atoms with E-state index < -0.39 is 72.3 Å². The predicted molar refractivity (Wildman–Crippen MR) is 200 cm³/mol. The molecule has 9 atom stereocenters. The zero-order valence-electron chi connectivity index (χ0n) is 32.5. The quantitative estimate of drug-likeness (QED) is 0.145. The summed E-state index contributed by atoms with van der Waals surface area (Å²) in [6.07, 6.45) is 11.5. The van der Waals surface area contributed by atoms with Gasteiger partial charge in [0.1, 0.15) is 36.8 Å². The third-order valence-corrected chi connectivity index (χ3v) is 12.8. The fourth-order valence-corrected chi connectivity index (χ4v) is 9.43. The van der Waals surface area contributed by atoms with Crippen molar-refractivity contribution in [2.45, 2.75) is 153 Å². The number of fused-ring (bicyclic) bond motifs is 2. The third kappa shape index (κ3) is 10.7. The van der Waals surface area contributed by atoms with Crippen LogP contribution in [0.4, 0.5) is 0 Å². The first-order valence-electron chi connectivity index (χ1n) is 20.6. The summed E-state index contributed by atoms with van der Waals surface area (Å²) in [4.78, 5) is 84.7. The van der Waals surface area contributed by atoms with Crippen LogP contribution in [-0.2, 0) is 38.2 Å². The average molecular weight is 760 g/mol. The second-order valence-corrected chi connectivity index (χ2v) is 16.7. The highest BCUT2D eigenvalue weighted by atomic mass is 16.5. The molecule has 5 aliphatic rings. The third-order valence-electron chi connectivity index (χ3n) is 12.8. The highest BCUT2D eigenvalue weighted by Gasteiger charge is 2.44. The van der Waals surface area contributed by atoms with Crippen molar-refractivity contribution < 1.29 is 38.2 Å². The largest absolute Gasteiger partial charge is 0.460 e. The van der Waals surface area contributed by atoms with Gasteiger partial charge < -0.3 is 47.1 Å².